The number of methoxy groups -OCH3 is 1. The van der Waals surface area contributed by atoms with Crippen LogP contribution in [-0.4, -0.2) is 45.6 Å². The fourth-order valence-electron chi connectivity index (χ4n) is 3.48. The molecule has 0 unspecified atom stereocenters. The number of nitrogens with one attached hydrogen (secondary N) is 1. The minimum atomic E-state index is -3.07. The molecule has 0 spiro atoms. The molecule has 1 atom stereocenters. The standard InChI is InChI=1S/C22H21NO7S/c1-28-17-5-2-14(3-6-17)19-10-15-4-7-18(11-20(15)30-22(19)25)29-12-21(24)23-16-8-9-31(26,27)13-16/h2-7,10-11,16H,8-9,12-13H2,1H3,(H,23,24)/t16-/m0/s1. The Morgan fingerprint density at radius 3 is 2.55 bits per heavy atom. The molecule has 2 heterocycles. The second kappa shape index (κ2) is 8.43. The van der Waals surface area contributed by atoms with Gasteiger partial charge in [-0.05, 0) is 42.3 Å². The van der Waals surface area contributed by atoms with Gasteiger partial charge in [0.15, 0.2) is 16.4 Å². The van der Waals surface area contributed by atoms with Crippen LogP contribution in [0.25, 0.3) is 22.1 Å². The van der Waals surface area contributed by atoms with E-state index >= 15 is 0 Å². The van der Waals surface area contributed by atoms with Crippen molar-refractivity contribution in [3.05, 3.63) is 59.0 Å². The third kappa shape index (κ3) is 4.88. The number of carbonyl (C=O) groups excluding carboxylic acids is 1. The molecule has 1 amide bonds. The number of rotatable bonds is 6. The first-order valence-electron chi connectivity index (χ1n) is 9.68. The first-order valence-corrected chi connectivity index (χ1v) is 11.5. The van der Waals surface area contributed by atoms with Crippen molar-refractivity contribution in [3.8, 4) is 22.6 Å². The van der Waals surface area contributed by atoms with E-state index in [-0.39, 0.29) is 24.2 Å². The van der Waals surface area contributed by atoms with Gasteiger partial charge in [0.1, 0.15) is 17.1 Å². The van der Waals surface area contributed by atoms with Gasteiger partial charge in [0.05, 0.1) is 24.2 Å². The molecule has 8 nitrogen and oxygen atoms in total. The van der Waals surface area contributed by atoms with Crippen molar-refractivity contribution < 1.29 is 27.1 Å². The first kappa shape index (κ1) is 20.9. The van der Waals surface area contributed by atoms with Crippen LogP contribution >= 0.6 is 0 Å². The van der Waals surface area contributed by atoms with Gasteiger partial charge < -0.3 is 19.2 Å². The average Bonchev–Trinajstić information content (AvgIpc) is 3.09. The number of benzene rings is 2. The topological polar surface area (TPSA) is 112 Å². The zero-order chi connectivity index (χ0) is 22.0. The maximum absolute atomic E-state index is 12.5. The predicted octanol–water partition coefficient (Wildman–Crippen LogP) is 2.15. The Morgan fingerprint density at radius 1 is 1.13 bits per heavy atom. The van der Waals surface area contributed by atoms with Crippen LogP contribution in [0, 0.1) is 0 Å². The number of fused-ring (bicyclic) bond motifs is 1. The number of sulfone groups is 1. The average molecular weight is 443 g/mol. The highest BCUT2D eigenvalue weighted by atomic mass is 32.2. The minimum Gasteiger partial charge on any atom is -0.497 e. The van der Waals surface area contributed by atoms with Gasteiger partial charge in [-0.2, -0.15) is 0 Å². The molecule has 0 saturated carbocycles. The maximum Gasteiger partial charge on any atom is 0.344 e. The van der Waals surface area contributed by atoms with Gasteiger partial charge in [0, 0.05) is 17.5 Å². The van der Waals surface area contributed by atoms with E-state index in [1.165, 1.54) is 0 Å². The van der Waals surface area contributed by atoms with Crippen LogP contribution in [0.3, 0.4) is 0 Å². The third-order valence-electron chi connectivity index (χ3n) is 5.08. The molecule has 1 fully saturated rings. The lowest BCUT2D eigenvalue weighted by atomic mass is 10.1. The van der Waals surface area contributed by atoms with Gasteiger partial charge in [-0.1, -0.05) is 12.1 Å². The van der Waals surface area contributed by atoms with E-state index in [4.69, 9.17) is 13.9 Å². The van der Waals surface area contributed by atoms with E-state index in [2.05, 4.69) is 5.32 Å². The monoisotopic (exact) mass is 443 g/mol. The van der Waals surface area contributed by atoms with Crippen LogP contribution < -0.4 is 20.4 Å². The van der Waals surface area contributed by atoms with E-state index in [1.807, 2.05) is 0 Å². The highest BCUT2D eigenvalue weighted by Gasteiger charge is 2.28. The van der Waals surface area contributed by atoms with Crippen molar-refractivity contribution in [2.75, 3.05) is 25.2 Å². The Balaban J connectivity index is 1.45. The molecule has 1 aromatic heterocycles. The number of carbonyl (C=O) groups is 1. The fourth-order valence-corrected chi connectivity index (χ4v) is 5.15. The molecule has 1 aliphatic heterocycles. The normalized spacial score (nSPS) is 17.4. The van der Waals surface area contributed by atoms with E-state index in [1.54, 1.807) is 55.6 Å². The Bertz CT molecular complexity index is 1280. The summed E-state index contributed by atoms with van der Waals surface area (Å²) in [6, 6.07) is 13.4. The smallest absolute Gasteiger partial charge is 0.344 e. The molecular weight excluding hydrogens is 422 g/mol. The number of hydrogen-bond donors (Lipinski definition) is 1. The van der Waals surface area contributed by atoms with Crippen molar-refractivity contribution >= 4 is 26.7 Å². The SMILES string of the molecule is COc1ccc(-c2cc3ccc(OCC(=O)N[C@H]4CCS(=O)(=O)C4)cc3oc2=O)cc1. The Kier molecular flexibility index (Phi) is 5.69. The first-order chi connectivity index (χ1) is 14.8. The lowest BCUT2D eigenvalue weighted by molar-refractivity contribution is -0.123. The lowest BCUT2D eigenvalue weighted by Crippen LogP contribution is -2.38. The zero-order valence-electron chi connectivity index (χ0n) is 16.8. The van der Waals surface area contributed by atoms with Crippen LogP contribution in [0.4, 0.5) is 0 Å². The molecule has 3 aromatic rings. The van der Waals surface area contributed by atoms with Crippen molar-refractivity contribution in [2.45, 2.75) is 12.5 Å². The zero-order valence-corrected chi connectivity index (χ0v) is 17.6. The molecule has 4 rings (SSSR count). The summed E-state index contributed by atoms with van der Waals surface area (Å²) in [6.07, 6.45) is 0.408. The molecule has 9 heteroatoms. The van der Waals surface area contributed by atoms with Crippen LogP contribution in [0.2, 0.25) is 0 Å². The van der Waals surface area contributed by atoms with Crippen LogP contribution in [0.5, 0.6) is 11.5 Å². The van der Waals surface area contributed by atoms with Gasteiger partial charge in [-0.3, -0.25) is 4.79 Å². The van der Waals surface area contributed by atoms with E-state index < -0.39 is 21.4 Å². The van der Waals surface area contributed by atoms with Crippen molar-refractivity contribution in [1.82, 2.24) is 5.32 Å². The Labute approximate surface area is 178 Å². The Morgan fingerprint density at radius 2 is 1.87 bits per heavy atom. The summed E-state index contributed by atoms with van der Waals surface area (Å²) in [7, 11) is -1.50. The maximum atomic E-state index is 12.5. The number of hydrogen-bond acceptors (Lipinski definition) is 7. The molecule has 31 heavy (non-hydrogen) atoms. The molecule has 0 radical (unpaired) electrons. The molecule has 1 aliphatic rings. The van der Waals surface area contributed by atoms with Gasteiger partial charge in [0.2, 0.25) is 0 Å². The second-order valence-electron chi connectivity index (χ2n) is 7.33. The summed E-state index contributed by atoms with van der Waals surface area (Å²) in [6.45, 7) is -0.268. The fraction of sp³-hybridized carbons (Fsp3) is 0.273. The predicted molar refractivity (Wildman–Crippen MR) is 115 cm³/mol. The summed E-state index contributed by atoms with van der Waals surface area (Å²) < 4.78 is 39.0. The van der Waals surface area contributed by atoms with E-state index in [0.717, 1.165) is 0 Å². The largest absolute Gasteiger partial charge is 0.497 e. The summed E-state index contributed by atoms with van der Waals surface area (Å²) >= 11 is 0. The molecule has 162 valence electrons. The number of ether oxygens (including phenoxy) is 2. The molecule has 2 aromatic carbocycles. The molecule has 1 saturated heterocycles. The molecule has 0 bridgehead atoms. The quantitative estimate of drug-likeness (QED) is 0.581. The van der Waals surface area contributed by atoms with Crippen molar-refractivity contribution in [2.24, 2.45) is 0 Å². The lowest BCUT2D eigenvalue weighted by Gasteiger charge is -2.12. The summed E-state index contributed by atoms with van der Waals surface area (Å²) in [5.41, 5.74) is 0.981. The summed E-state index contributed by atoms with van der Waals surface area (Å²) in [4.78, 5) is 24.5. The van der Waals surface area contributed by atoms with Crippen molar-refractivity contribution in [1.29, 1.82) is 0 Å². The summed E-state index contributed by atoms with van der Waals surface area (Å²) in [5.74, 6) is 0.687. The molecular formula is C22H21NO7S. The molecule has 1 N–H and O–H groups in total. The van der Waals surface area contributed by atoms with Gasteiger partial charge >= 0.3 is 5.63 Å². The summed E-state index contributed by atoms with van der Waals surface area (Å²) in [5, 5.41) is 3.37. The minimum absolute atomic E-state index is 0.0452. The van der Waals surface area contributed by atoms with Crippen LogP contribution in [-0.2, 0) is 14.6 Å². The van der Waals surface area contributed by atoms with E-state index in [9.17, 15) is 18.0 Å². The van der Waals surface area contributed by atoms with Crippen LogP contribution in [0.1, 0.15) is 6.42 Å². The van der Waals surface area contributed by atoms with Gasteiger partial charge in [-0.15, -0.1) is 0 Å². The number of amides is 1. The second-order valence-corrected chi connectivity index (χ2v) is 9.56. The van der Waals surface area contributed by atoms with E-state index in [0.29, 0.717) is 40.0 Å². The highest BCUT2D eigenvalue weighted by molar-refractivity contribution is 7.91. The highest BCUT2D eigenvalue weighted by Crippen LogP contribution is 2.25. The van der Waals surface area contributed by atoms with Crippen molar-refractivity contribution in [3.63, 3.8) is 0 Å². The molecule has 0 aliphatic carbocycles. The Hall–Kier alpha value is -3.33. The van der Waals surface area contributed by atoms with Gasteiger partial charge in [-0.25, -0.2) is 13.2 Å². The van der Waals surface area contributed by atoms with Crippen LogP contribution in [0.15, 0.2) is 57.7 Å². The third-order valence-corrected chi connectivity index (χ3v) is 6.84. The van der Waals surface area contributed by atoms with Gasteiger partial charge in [0.25, 0.3) is 5.91 Å².